The van der Waals surface area contributed by atoms with Crippen molar-refractivity contribution >= 4 is 29.1 Å². The summed E-state index contributed by atoms with van der Waals surface area (Å²) in [6.45, 7) is 5.35. The molecule has 21 heavy (non-hydrogen) atoms. The van der Waals surface area contributed by atoms with E-state index in [0.717, 1.165) is 17.9 Å². The maximum Gasteiger partial charge on any atom is 0.232 e. The number of hydrogen-bond acceptors (Lipinski definition) is 3. The predicted octanol–water partition coefficient (Wildman–Crippen LogP) is 3.33. The Bertz CT molecular complexity index is 557. The van der Waals surface area contributed by atoms with E-state index in [-0.39, 0.29) is 11.9 Å². The topological polar surface area (TPSA) is 42.7 Å². The minimum Gasteiger partial charge on any atom is -0.464 e. The summed E-state index contributed by atoms with van der Waals surface area (Å²) in [5.41, 5.74) is -0.702. The Labute approximate surface area is 134 Å². The second-order valence-electron chi connectivity index (χ2n) is 5.96. The first-order chi connectivity index (χ1) is 9.89. The van der Waals surface area contributed by atoms with Crippen LogP contribution in [0.4, 0.5) is 0 Å². The molecule has 0 aromatic carbocycles. The van der Waals surface area contributed by atoms with Gasteiger partial charge in [-0.25, -0.2) is 0 Å². The van der Waals surface area contributed by atoms with E-state index < -0.39 is 9.75 Å². The average Bonchev–Trinajstić information content (AvgIpc) is 2.83. The van der Waals surface area contributed by atoms with Gasteiger partial charge in [-0.05, 0) is 25.5 Å². The first kappa shape index (κ1) is 15.2. The van der Waals surface area contributed by atoms with E-state index in [4.69, 9.17) is 32.4 Å². The number of amides is 1. The average molecular weight is 332 g/mol. The molecule has 0 radical (unpaired) electrons. The molecule has 1 aromatic rings. The summed E-state index contributed by atoms with van der Waals surface area (Å²) in [4.78, 5) is 14.6. The lowest BCUT2D eigenvalue weighted by Crippen LogP contribution is -2.47. The van der Waals surface area contributed by atoms with Gasteiger partial charge in [-0.1, -0.05) is 6.92 Å². The molecule has 1 saturated heterocycles. The Kier molecular flexibility index (Phi) is 3.75. The molecular weight excluding hydrogens is 313 g/mol. The highest BCUT2D eigenvalue weighted by atomic mass is 35.5. The van der Waals surface area contributed by atoms with Crippen molar-refractivity contribution in [1.29, 1.82) is 0 Å². The number of morpholine rings is 1. The minimum absolute atomic E-state index is 0.0183. The van der Waals surface area contributed by atoms with Crippen LogP contribution in [0.2, 0.25) is 0 Å². The highest BCUT2D eigenvalue weighted by molar-refractivity contribution is 6.53. The summed E-state index contributed by atoms with van der Waals surface area (Å²) in [6.07, 6.45) is 1.32. The Balaban J connectivity index is 1.83. The molecule has 1 aliphatic heterocycles. The van der Waals surface area contributed by atoms with Crippen LogP contribution in [0.1, 0.15) is 37.8 Å². The summed E-state index contributed by atoms with van der Waals surface area (Å²) in [5.74, 6) is 1.65. The molecule has 6 heteroatoms. The van der Waals surface area contributed by atoms with Crippen LogP contribution in [0.5, 0.6) is 0 Å². The van der Waals surface area contributed by atoms with Gasteiger partial charge < -0.3 is 14.1 Å². The van der Waals surface area contributed by atoms with E-state index >= 15 is 0 Å². The Hall–Kier alpha value is -0.710. The van der Waals surface area contributed by atoms with Crippen molar-refractivity contribution in [2.24, 2.45) is 5.41 Å². The molecule has 2 atom stereocenters. The van der Waals surface area contributed by atoms with E-state index in [9.17, 15) is 4.79 Å². The Morgan fingerprint density at radius 2 is 2.19 bits per heavy atom. The van der Waals surface area contributed by atoms with Gasteiger partial charge in [0.1, 0.15) is 21.9 Å². The molecule has 0 bridgehead atoms. The number of nitrogens with zero attached hydrogens (tertiary/aromatic N) is 1. The van der Waals surface area contributed by atoms with Crippen LogP contribution in [0.3, 0.4) is 0 Å². The van der Waals surface area contributed by atoms with Gasteiger partial charge in [0.2, 0.25) is 5.91 Å². The molecule has 1 amide bonds. The highest BCUT2D eigenvalue weighted by Crippen LogP contribution is 2.64. The molecule has 3 rings (SSSR count). The van der Waals surface area contributed by atoms with Crippen LogP contribution < -0.4 is 0 Å². The zero-order chi connectivity index (χ0) is 15.3. The van der Waals surface area contributed by atoms with Gasteiger partial charge in [0, 0.05) is 13.0 Å². The van der Waals surface area contributed by atoms with E-state index in [1.165, 1.54) is 0 Å². The van der Waals surface area contributed by atoms with Gasteiger partial charge in [-0.15, -0.1) is 23.2 Å². The third kappa shape index (κ3) is 2.47. The normalized spacial score (nSPS) is 31.2. The number of alkyl halides is 2. The van der Waals surface area contributed by atoms with Gasteiger partial charge in [0.25, 0.3) is 0 Å². The summed E-state index contributed by atoms with van der Waals surface area (Å²) < 4.78 is 10.4. The molecular formula is C15H19Cl2NO3. The van der Waals surface area contributed by atoms with Crippen LogP contribution >= 0.6 is 23.2 Å². The second kappa shape index (κ2) is 5.18. The summed E-state index contributed by atoms with van der Waals surface area (Å²) >= 11 is 12.3. The van der Waals surface area contributed by atoms with Crippen LogP contribution in [0.25, 0.3) is 0 Å². The van der Waals surface area contributed by atoms with Crippen molar-refractivity contribution < 1.29 is 13.9 Å². The molecule has 2 aliphatic rings. The number of carbonyl (C=O) groups excluding carboxylic acids is 1. The molecule has 1 saturated carbocycles. The number of rotatable bonds is 3. The van der Waals surface area contributed by atoms with E-state index in [1.807, 2.05) is 26.0 Å². The predicted molar refractivity (Wildman–Crippen MR) is 80.5 cm³/mol. The fraction of sp³-hybridized carbons (Fsp3) is 0.667. The van der Waals surface area contributed by atoms with Gasteiger partial charge >= 0.3 is 0 Å². The Morgan fingerprint density at radius 1 is 1.48 bits per heavy atom. The van der Waals surface area contributed by atoms with Crippen LogP contribution in [0.15, 0.2) is 16.5 Å². The van der Waals surface area contributed by atoms with Crippen molar-refractivity contribution in [2.75, 3.05) is 19.8 Å². The van der Waals surface area contributed by atoms with Crippen molar-refractivity contribution in [1.82, 2.24) is 4.90 Å². The lowest BCUT2D eigenvalue weighted by atomic mass is 10.0. The number of ether oxygens (including phenoxy) is 1. The monoisotopic (exact) mass is 331 g/mol. The summed E-state index contributed by atoms with van der Waals surface area (Å²) in [6, 6.07) is 3.66. The maximum atomic E-state index is 12.8. The lowest BCUT2D eigenvalue weighted by molar-refractivity contribution is -0.146. The van der Waals surface area contributed by atoms with Crippen LogP contribution in [-0.4, -0.2) is 34.9 Å². The number of carbonyl (C=O) groups is 1. The SMILES string of the molecule is CCc1ccc([C@H]2COCCN2C(=O)[C@@]2(C)CC2(Cl)Cl)o1. The minimum atomic E-state index is -0.954. The second-order valence-corrected chi connectivity index (χ2v) is 7.44. The zero-order valence-corrected chi connectivity index (χ0v) is 13.7. The fourth-order valence-corrected chi connectivity index (χ4v) is 3.49. The first-order valence-electron chi connectivity index (χ1n) is 7.24. The number of hydrogen-bond donors (Lipinski definition) is 0. The first-order valence-corrected chi connectivity index (χ1v) is 8.00. The number of halogens is 2. The van der Waals surface area contributed by atoms with E-state index in [0.29, 0.717) is 26.2 Å². The third-order valence-electron chi connectivity index (χ3n) is 4.48. The highest BCUT2D eigenvalue weighted by Gasteiger charge is 2.69. The summed E-state index contributed by atoms with van der Waals surface area (Å²) in [5, 5.41) is 0. The number of furan rings is 1. The van der Waals surface area contributed by atoms with Crippen molar-refractivity contribution in [3.63, 3.8) is 0 Å². The van der Waals surface area contributed by atoms with Crippen molar-refractivity contribution in [2.45, 2.75) is 37.1 Å². The lowest BCUT2D eigenvalue weighted by Gasteiger charge is -2.36. The smallest absolute Gasteiger partial charge is 0.232 e. The molecule has 0 spiro atoms. The standard InChI is InChI=1S/C15H19Cl2NO3/c1-3-10-4-5-12(21-10)11-8-20-7-6-18(11)13(19)14(2)9-15(14,16)17/h4-5,11H,3,6-9H2,1-2H3/t11-,14-/m1/s1. The van der Waals surface area contributed by atoms with Crippen LogP contribution in [-0.2, 0) is 16.0 Å². The fourth-order valence-electron chi connectivity index (χ4n) is 2.79. The maximum absolute atomic E-state index is 12.8. The third-order valence-corrected chi connectivity index (χ3v) is 5.58. The molecule has 2 fully saturated rings. The van der Waals surface area contributed by atoms with Gasteiger partial charge in [-0.2, -0.15) is 0 Å². The largest absolute Gasteiger partial charge is 0.464 e. The van der Waals surface area contributed by atoms with Crippen molar-refractivity contribution in [3.8, 4) is 0 Å². The van der Waals surface area contributed by atoms with E-state index in [2.05, 4.69) is 0 Å². The molecule has 0 N–H and O–H groups in total. The number of aryl methyl sites for hydroxylation is 1. The molecule has 0 unspecified atom stereocenters. The van der Waals surface area contributed by atoms with Gasteiger partial charge in [0.05, 0.1) is 18.6 Å². The zero-order valence-electron chi connectivity index (χ0n) is 12.2. The van der Waals surface area contributed by atoms with E-state index in [1.54, 1.807) is 4.90 Å². The quantitative estimate of drug-likeness (QED) is 0.798. The van der Waals surface area contributed by atoms with Gasteiger partial charge in [-0.3, -0.25) is 4.79 Å². The summed E-state index contributed by atoms with van der Waals surface area (Å²) in [7, 11) is 0. The molecule has 116 valence electrons. The molecule has 1 aromatic heterocycles. The molecule has 1 aliphatic carbocycles. The Morgan fingerprint density at radius 3 is 2.76 bits per heavy atom. The van der Waals surface area contributed by atoms with Crippen molar-refractivity contribution in [3.05, 3.63) is 23.7 Å². The molecule has 2 heterocycles. The van der Waals surface area contributed by atoms with Gasteiger partial charge in [0.15, 0.2) is 0 Å². The molecule has 4 nitrogen and oxygen atoms in total. The van der Waals surface area contributed by atoms with Crippen LogP contribution in [0, 0.1) is 5.41 Å².